The van der Waals surface area contributed by atoms with Gasteiger partial charge >= 0.3 is 6.09 Å². The van der Waals surface area contributed by atoms with Gasteiger partial charge in [-0.25, -0.2) is 26.1 Å². The van der Waals surface area contributed by atoms with Crippen LogP contribution in [0.5, 0.6) is 0 Å². The van der Waals surface area contributed by atoms with E-state index in [1.165, 1.54) is 19.2 Å². The highest BCUT2D eigenvalue weighted by Crippen LogP contribution is 2.37. The van der Waals surface area contributed by atoms with Crippen molar-refractivity contribution in [1.82, 2.24) is 14.9 Å². The van der Waals surface area contributed by atoms with E-state index >= 15 is 4.39 Å². The van der Waals surface area contributed by atoms with Crippen LogP contribution >= 0.6 is 11.6 Å². The van der Waals surface area contributed by atoms with Gasteiger partial charge in [-0.3, -0.25) is 4.79 Å². The number of hydrogen-bond acceptors (Lipinski definition) is 7. The van der Waals surface area contributed by atoms with Crippen LogP contribution in [0.1, 0.15) is 49.1 Å². The van der Waals surface area contributed by atoms with Crippen LogP contribution in [0, 0.1) is 23.6 Å². The summed E-state index contributed by atoms with van der Waals surface area (Å²) in [4.78, 5) is 26.8. The summed E-state index contributed by atoms with van der Waals surface area (Å²) in [6.07, 6.45) is 2.08. The molecule has 0 aliphatic carbocycles. The standard InChI is InChI=1S/C33H40ClFN4O6S2/c1-45-33(41)38-31(30(22-9-11-24(34)12-10-22)23-15-19-47(43,44)20-16-23)32(40)37-29-8-2-7-28(35)27(29)14-13-26-21-36-25-5-3-17-39(26)46(42)18-4-6-25/h2,7-12,23,25-26,30-31,36H,4,6,13-21H2,1H3,(H,37,40)(H,38,41)/t25?,26-,30?,31-,46?/m0/s1. The van der Waals surface area contributed by atoms with Gasteiger partial charge in [0, 0.05) is 40.5 Å². The molecule has 254 valence electrons. The quantitative estimate of drug-likeness (QED) is 0.338. The van der Waals surface area contributed by atoms with Crippen LogP contribution in [-0.4, -0.2) is 84.5 Å². The Labute approximate surface area is 283 Å². The molecule has 6 atom stereocenters. The fraction of sp³-hybridized carbons (Fsp3) is 0.515. The largest absolute Gasteiger partial charge is 0.453 e. The zero-order valence-electron chi connectivity index (χ0n) is 26.2. The number of carbonyl (C=O) groups excluding carboxylic acids is 2. The summed E-state index contributed by atoms with van der Waals surface area (Å²) in [6.45, 7) is 0.915. The predicted molar refractivity (Wildman–Crippen MR) is 181 cm³/mol. The smallest absolute Gasteiger partial charge is 0.407 e. The number of methoxy groups -OCH3 is 1. The molecule has 2 aromatic carbocycles. The van der Waals surface area contributed by atoms with Gasteiger partial charge in [0.25, 0.3) is 0 Å². The van der Waals surface area contributed by atoms with Gasteiger partial charge in [0.05, 0.1) is 42.2 Å². The molecule has 14 heteroatoms. The summed E-state index contributed by atoms with van der Waals surface area (Å²) in [5.74, 6) is 4.80. The second kappa shape index (κ2) is 15.9. The minimum absolute atomic E-state index is 0.0233. The van der Waals surface area contributed by atoms with Crippen LogP contribution in [0.2, 0.25) is 5.02 Å². The van der Waals surface area contributed by atoms with Crippen LogP contribution in [0.4, 0.5) is 14.9 Å². The first-order chi connectivity index (χ1) is 22.5. The second-order valence-electron chi connectivity index (χ2n) is 12.2. The number of benzene rings is 2. The van der Waals surface area contributed by atoms with Crippen molar-refractivity contribution in [2.75, 3.05) is 42.8 Å². The number of fused-ring (bicyclic) bond motifs is 6. The van der Waals surface area contributed by atoms with E-state index in [9.17, 15) is 22.2 Å². The molecular formula is C33H40ClFN4O6S2. The molecule has 2 fully saturated rings. The van der Waals surface area contributed by atoms with Crippen molar-refractivity contribution in [3.8, 4) is 11.8 Å². The van der Waals surface area contributed by atoms with E-state index in [1.54, 1.807) is 30.3 Å². The summed E-state index contributed by atoms with van der Waals surface area (Å²) in [5, 5.41) is 9.48. The molecule has 3 N–H and O–H groups in total. The molecule has 0 saturated carbocycles. The van der Waals surface area contributed by atoms with Gasteiger partial charge in [0.15, 0.2) is 0 Å². The average Bonchev–Trinajstić information content (AvgIpc) is 3.17. The number of nitrogens with one attached hydrogen (secondary N) is 3. The van der Waals surface area contributed by atoms with Crippen molar-refractivity contribution in [2.45, 2.75) is 62.6 Å². The second-order valence-corrected chi connectivity index (χ2v) is 16.4. The van der Waals surface area contributed by atoms with E-state index in [1.807, 2.05) is 4.31 Å². The Morgan fingerprint density at radius 1 is 1.17 bits per heavy atom. The number of halogens is 2. The maximum atomic E-state index is 15.5. The highest BCUT2D eigenvalue weighted by molar-refractivity contribution is 7.91. The van der Waals surface area contributed by atoms with Gasteiger partial charge < -0.3 is 20.7 Å². The molecule has 2 amide bonds. The molecule has 0 spiro atoms. The molecule has 0 aromatic heterocycles. The maximum absolute atomic E-state index is 15.5. The summed E-state index contributed by atoms with van der Waals surface area (Å²) in [5.41, 5.74) is 1.23. The minimum Gasteiger partial charge on any atom is -0.453 e. The predicted octanol–water partition coefficient (Wildman–Crippen LogP) is 3.79. The zero-order valence-corrected chi connectivity index (χ0v) is 28.6. The SMILES string of the molecule is COC(=O)N[C@H](C(=O)Nc1cccc(F)c1CC[C@H]1CNC2C#CCN1S(=O)CCC2)C(c1ccc(Cl)cc1)C1CCS(=O)(=O)CC1. The van der Waals surface area contributed by atoms with Crippen LogP contribution < -0.4 is 16.0 Å². The summed E-state index contributed by atoms with van der Waals surface area (Å²) in [7, 11) is -3.24. The molecule has 6 rings (SSSR count). The lowest BCUT2D eigenvalue weighted by Crippen LogP contribution is -2.50. The van der Waals surface area contributed by atoms with Gasteiger partial charge in [-0.2, -0.15) is 0 Å². The number of amides is 2. The van der Waals surface area contributed by atoms with Crippen molar-refractivity contribution < 1.29 is 31.3 Å². The molecule has 4 unspecified atom stereocenters. The van der Waals surface area contributed by atoms with Crippen LogP contribution in [0.15, 0.2) is 42.5 Å². The first-order valence-corrected chi connectivity index (χ1v) is 19.3. The number of sulfone groups is 1. The topological polar surface area (TPSA) is 134 Å². The monoisotopic (exact) mass is 706 g/mol. The molecule has 4 heterocycles. The molecule has 2 bridgehead atoms. The minimum atomic E-state index is -3.21. The normalized spacial score (nSPS) is 25.4. The Morgan fingerprint density at radius 3 is 2.64 bits per heavy atom. The van der Waals surface area contributed by atoms with E-state index in [2.05, 4.69) is 27.8 Å². The highest BCUT2D eigenvalue weighted by Gasteiger charge is 2.40. The third kappa shape index (κ3) is 9.12. The Kier molecular flexibility index (Phi) is 12.0. The first-order valence-electron chi connectivity index (χ1n) is 15.8. The van der Waals surface area contributed by atoms with Crippen molar-refractivity contribution >= 4 is 50.1 Å². The maximum Gasteiger partial charge on any atom is 0.407 e. The Bertz CT molecular complexity index is 1630. The number of hydrogen-bond donors (Lipinski definition) is 3. The first kappa shape index (κ1) is 35.3. The van der Waals surface area contributed by atoms with Gasteiger partial charge in [-0.1, -0.05) is 41.6 Å². The third-order valence-corrected chi connectivity index (χ3v) is 12.7. The van der Waals surface area contributed by atoms with Gasteiger partial charge in [0.2, 0.25) is 5.91 Å². The molecular weight excluding hydrogens is 667 g/mol. The summed E-state index contributed by atoms with van der Waals surface area (Å²) in [6, 6.07) is 9.98. The number of carbonyl (C=O) groups is 2. The van der Waals surface area contributed by atoms with Gasteiger partial charge in [0.1, 0.15) is 21.7 Å². The Hall–Kier alpha value is -3.02. The van der Waals surface area contributed by atoms with E-state index in [-0.39, 0.29) is 47.2 Å². The van der Waals surface area contributed by atoms with Crippen molar-refractivity contribution in [2.24, 2.45) is 5.92 Å². The fourth-order valence-corrected chi connectivity index (χ4v) is 9.66. The fourth-order valence-electron chi connectivity index (χ4n) is 6.64. The van der Waals surface area contributed by atoms with Crippen LogP contribution in [-0.2, 0) is 36.8 Å². The molecule has 47 heavy (non-hydrogen) atoms. The number of rotatable bonds is 9. The number of alkyl carbamates (subject to hydrolysis) is 1. The number of nitrogens with zero attached hydrogens (tertiary/aromatic N) is 1. The number of anilines is 1. The lowest BCUT2D eigenvalue weighted by molar-refractivity contribution is -0.119. The zero-order chi connectivity index (χ0) is 33.6. The highest BCUT2D eigenvalue weighted by atomic mass is 35.5. The summed E-state index contributed by atoms with van der Waals surface area (Å²) < 4.78 is 59.9. The third-order valence-electron chi connectivity index (χ3n) is 9.16. The van der Waals surface area contributed by atoms with E-state index in [0.29, 0.717) is 48.7 Å². The lowest BCUT2D eigenvalue weighted by Gasteiger charge is -2.35. The molecule has 2 aromatic rings. The molecule has 4 aliphatic heterocycles. The number of ether oxygens (including phenoxy) is 1. The van der Waals surface area contributed by atoms with E-state index in [0.717, 1.165) is 12.8 Å². The van der Waals surface area contributed by atoms with Crippen molar-refractivity contribution in [3.63, 3.8) is 0 Å². The molecule has 10 nitrogen and oxygen atoms in total. The van der Waals surface area contributed by atoms with Gasteiger partial charge in [-0.05, 0) is 74.3 Å². The molecule has 0 radical (unpaired) electrons. The van der Waals surface area contributed by atoms with E-state index < -0.39 is 50.6 Å². The van der Waals surface area contributed by atoms with Crippen molar-refractivity contribution in [3.05, 3.63) is 64.4 Å². The van der Waals surface area contributed by atoms with Crippen molar-refractivity contribution in [1.29, 1.82) is 0 Å². The van der Waals surface area contributed by atoms with Gasteiger partial charge in [-0.15, -0.1) is 0 Å². The molecule has 4 aliphatic rings. The Morgan fingerprint density at radius 2 is 1.91 bits per heavy atom. The van der Waals surface area contributed by atoms with Crippen LogP contribution in [0.3, 0.4) is 0 Å². The summed E-state index contributed by atoms with van der Waals surface area (Å²) >= 11 is 6.16. The molecule has 2 saturated heterocycles. The lowest BCUT2D eigenvalue weighted by atomic mass is 9.77. The van der Waals surface area contributed by atoms with Crippen LogP contribution in [0.25, 0.3) is 0 Å². The van der Waals surface area contributed by atoms with E-state index in [4.69, 9.17) is 16.3 Å². The Balaban J connectivity index is 1.42. The average molecular weight is 707 g/mol.